The minimum atomic E-state index is -0.239. The summed E-state index contributed by atoms with van der Waals surface area (Å²) in [7, 11) is 0. The standard InChI is InChI=1S/C17H19FN6S/c1-2-23-11-13(10-20-23)9-19-17(25)21-16-7-8-24(22-16)12-14-5-3-4-6-15(14)18/h3-8,10-11H,2,9,12H2,1H3,(H2,19,21,22,25). The molecule has 0 aliphatic carbocycles. The summed E-state index contributed by atoms with van der Waals surface area (Å²) in [6, 6.07) is 8.46. The van der Waals surface area contributed by atoms with E-state index in [-0.39, 0.29) is 5.82 Å². The van der Waals surface area contributed by atoms with Gasteiger partial charge in [-0.25, -0.2) is 4.39 Å². The molecule has 3 rings (SSSR count). The van der Waals surface area contributed by atoms with Gasteiger partial charge < -0.3 is 10.6 Å². The molecule has 3 aromatic rings. The number of hydrogen-bond donors (Lipinski definition) is 2. The lowest BCUT2D eigenvalue weighted by atomic mass is 10.2. The molecule has 1 aromatic carbocycles. The Labute approximate surface area is 150 Å². The van der Waals surface area contributed by atoms with Crippen molar-refractivity contribution in [1.82, 2.24) is 24.9 Å². The molecule has 0 fully saturated rings. The third-order valence-corrected chi connectivity index (χ3v) is 3.88. The van der Waals surface area contributed by atoms with E-state index in [1.54, 1.807) is 35.1 Å². The van der Waals surface area contributed by atoms with E-state index in [9.17, 15) is 4.39 Å². The average molecular weight is 358 g/mol. The lowest BCUT2D eigenvalue weighted by Crippen LogP contribution is -2.28. The van der Waals surface area contributed by atoms with Crippen molar-refractivity contribution in [2.75, 3.05) is 5.32 Å². The maximum atomic E-state index is 13.7. The highest BCUT2D eigenvalue weighted by atomic mass is 32.1. The van der Waals surface area contributed by atoms with Gasteiger partial charge in [-0.15, -0.1) is 0 Å². The highest BCUT2D eigenvalue weighted by Gasteiger charge is 2.05. The van der Waals surface area contributed by atoms with E-state index in [1.165, 1.54) is 6.07 Å². The highest BCUT2D eigenvalue weighted by Crippen LogP contribution is 2.10. The van der Waals surface area contributed by atoms with Gasteiger partial charge in [-0.05, 0) is 25.2 Å². The summed E-state index contributed by atoms with van der Waals surface area (Å²) in [5.41, 5.74) is 1.64. The first-order valence-electron chi connectivity index (χ1n) is 7.97. The summed E-state index contributed by atoms with van der Waals surface area (Å²) in [6.07, 6.45) is 5.56. The van der Waals surface area contributed by atoms with Crippen molar-refractivity contribution < 1.29 is 4.39 Å². The van der Waals surface area contributed by atoms with Crippen molar-refractivity contribution in [1.29, 1.82) is 0 Å². The van der Waals surface area contributed by atoms with Crippen molar-refractivity contribution >= 4 is 23.1 Å². The van der Waals surface area contributed by atoms with E-state index in [0.29, 0.717) is 29.6 Å². The van der Waals surface area contributed by atoms with Crippen LogP contribution in [0, 0.1) is 5.82 Å². The number of benzene rings is 1. The largest absolute Gasteiger partial charge is 0.358 e. The molecule has 0 unspecified atom stereocenters. The molecule has 2 aromatic heterocycles. The summed E-state index contributed by atoms with van der Waals surface area (Å²) >= 11 is 5.27. The summed E-state index contributed by atoms with van der Waals surface area (Å²) in [6.45, 7) is 3.82. The van der Waals surface area contributed by atoms with Crippen LogP contribution in [0.5, 0.6) is 0 Å². The molecule has 2 heterocycles. The van der Waals surface area contributed by atoms with Crippen LogP contribution in [0.3, 0.4) is 0 Å². The van der Waals surface area contributed by atoms with Crippen LogP contribution in [0.2, 0.25) is 0 Å². The first-order chi connectivity index (χ1) is 12.1. The second-order valence-corrected chi connectivity index (χ2v) is 5.91. The number of nitrogens with zero attached hydrogens (tertiary/aromatic N) is 4. The van der Waals surface area contributed by atoms with E-state index >= 15 is 0 Å². The molecule has 6 nitrogen and oxygen atoms in total. The molecule has 25 heavy (non-hydrogen) atoms. The number of hydrogen-bond acceptors (Lipinski definition) is 3. The fourth-order valence-corrected chi connectivity index (χ4v) is 2.51. The molecule has 0 amide bonds. The smallest absolute Gasteiger partial charge is 0.172 e. The predicted octanol–water partition coefficient (Wildman–Crippen LogP) is 2.77. The van der Waals surface area contributed by atoms with Crippen LogP contribution >= 0.6 is 12.2 Å². The molecule has 0 aliphatic rings. The van der Waals surface area contributed by atoms with E-state index in [2.05, 4.69) is 20.8 Å². The zero-order valence-electron chi connectivity index (χ0n) is 13.8. The number of anilines is 1. The number of thiocarbonyl (C=S) groups is 1. The molecule has 0 aliphatic heterocycles. The van der Waals surface area contributed by atoms with Crippen LogP contribution in [-0.2, 0) is 19.6 Å². The topological polar surface area (TPSA) is 59.7 Å². The Morgan fingerprint density at radius 3 is 2.84 bits per heavy atom. The van der Waals surface area contributed by atoms with Gasteiger partial charge in [0.2, 0.25) is 0 Å². The zero-order chi connectivity index (χ0) is 17.6. The first-order valence-corrected chi connectivity index (χ1v) is 8.38. The van der Waals surface area contributed by atoms with E-state index < -0.39 is 0 Å². The molecule has 0 bridgehead atoms. The number of aryl methyl sites for hydroxylation is 1. The zero-order valence-corrected chi connectivity index (χ0v) is 14.6. The molecule has 0 radical (unpaired) electrons. The lowest BCUT2D eigenvalue weighted by Gasteiger charge is -2.07. The molecule has 130 valence electrons. The Bertz CT molecular complexity index is 856. The fraction of sp³-hybridized carbons (Fsp3) is 0.235. The predicted molar refractivity (Wildman–Crippen MR) is 98.7 cm³/mol. The van der Waals surface area contributed by atoms with Gasteiger partial charge in [0.1, 0.15) is 5.82 Å². The van der Waals surface area contributed by atoms with Crippen LogP contribution in [0.15, 0.2) is 48.9 Å². The van der Waals surface area contributed by atoms with Gasteiger partial charge in [0.05, 0.1) is 12.7 Å². The van der Waals surface area contributed by atoms with Crippen molar-refractivity contribution in [2.24, 2.45) is 0 Å². The Morgan fingerprint density at radius 2 is 2.08 bits per heavy atom. The maximum absolute atomic E-state index is 13.7. The molecule has 0 saturated heterocycles. The Kier molecular flexibility index (Phi) is 5.39. The molecule has 0 atom stereocenters. The molecular weight excluding hydrogens is 339 g/mol. The molecule has 0 saturated carbocycles. The second kappa shape index (κ2) is 7.89. The van der Waals surface area contributed by atoms with Crippen molar-refractivity contribution in [3.05, 3.63) is 65.9 Å². The maximum Gasteiger partial charge on any atom is 0.172 e. The Morgan fingerprint density at radius 1 is 1.24 bits per heavy atom. The van der Waals surface area contributed by atoms with Gasteiger partial charge in [-0.1, -0.05) is 18.2 Å². The molecule has 2 N–H and O–H groups in total. The SMILES string of the molecule is CCn1cc(CNC(=S)Nc2ccn(Cc3ccccc3F)n2)cn1. The van der Waals surface area contributed by atoms with Crippen molar-refractivity contribution in [3.63, 3.8) is 0 Å². The number of aromatic nitrogens is 4. The summed E-state index contributed by atoms with van der Waals surface area (Å²) in [4.78, 5) is 0. The summed E-state index contributed by atoms with van der Waals surface area (Å²) in [5, 5.41) is 15.2. The summed E-state index contributed by atoms with van der Waals surface area (Å²) in [5.74, 6) is 0.371. The average Bonchev–Trinajstić information content (AvgIpc) is 3.24. The fourth-order valence-electron chi connectivity index (χ4n) is 2.33. The highest BCUT2D eigenvalue weighted by molar-refractivity contribution is 7.80. The monoisotopic (exact) mass is 358 g/mol. The van der Waals surface area contributed by atoms with E-state index in [0.717, 1.165) is 12.1 Å². The van der Waals surface area contributed by atoms with E-state index in [4.69, 9.17) is 12.2 Å². The van der Waals surface area contributed by atoms with Crippen LogP contribution in [0.4, 0.5) is 10.2 Å². The third kappa shape index (κ3) is 4.63. The Hall–Kier alpha value is -2.74. The van der Waals surface area contributed by atoms with Gasteiger partial charge in [-0.2, -0.15) is 10.2 Å². The normalized spacial score (nSPS) is 10.6. The number of rotatable bonds is 6. The minimum absolute atomic E-state index is 0.239. The summed E-state index contributed by atoms with van der Waals surface area (Å²) < 4.78 is 17.2. The molecule has 8 heteroatoms. The molecular formula is C17H19FN6S. The van der Waals surface area contributed by atoms with E-state index in [1.807, 2.05) is 24.0 Å². The van der Waals surface area contributed by atoms with Crippen molar-refractivity contribution in [2.45, 2.75) is 26.6 Å². The van der Waals surface area contributed by atoms with Gasteiger partial charge >= 0.3 is 0 Å². The lowest BCUT2D eigenvalue weighted by molar-refractivity contribution is 0.586. The second-order valence-electron chi connectivity index (χ2n) is 5.50. The molecule has 0 spiro atoms. The van der Waals surface area contributed by atoms with Gasteiger partial charge in [0, 0.05) is 42.7 Å². The quantitative estimate of drug-likeness (QED) is 0.664. The Balaban J connectivity index is 1.52. The van der Waals surface area contributed by atoms with Crippen LogP contribution < -0.4 is 10.6 Å². The third-order valence-electron chi connectivity index (χ3n) is 3.64. The van der Waals surface area contributed by atoms with Crippen molar-refractivity contribution in [3.8, 4) is 0 Å². The van der Waals surface area contributed by atoms with Gasteiger partial charge in [0.25, 0.3) is 0 Å². The first kappa shape index (κ1) is 17.1. The van der Waals surface area contributed by atoms with Gasteiger partial charge in [-0.3, -0.25) is 9.36 Å². The van der Waals surface area contributed by atoms with Gasteiger partial charge in [0.15, 0.2) is 10.9 Å². The van der Waals surface area contributed by atoms with Crippen LogP contribution in [0.25, 0.3) is 0 Å². The van der Waals surface area contributed by atoms with Crippen LogP contribution in [-0.4, -0.2) is 24.7 Å². The number of halogens is 1. The number of nitrogens with one attached hydrogen (secondary N) is 2. The minimum Gasteiger partial charge on any atom is -0.358 e. The van der Waals surface area contributed by atoms with Crippen LogP contribution in [0.1, 0.15) is 18.1 Å².